The fourth-order valence-electron chi connectivity index (χ4n) is 2.45. The molecule has 1 N–H and O–H groups in total. The number of nitrogens with zero attached hydrogens (tertiary/aromatic N) is 1. The zero-order valence-electron chi connectivity index (χ0n) is 11.4. The summed E-state index contributed by atoms with van der Waals surface area (Å²) in [5, 5.41) is 3.34. The summed E-state index contributed by atoms with van der Waals surface area (Å²) in [6, 6.07) is 7.38. The van der Waals surface area contributed by atoms with E-state index < -0.39 is 9.84 Å². The van der Waals surface area contributed by atoms with Gasteiger partial charge in [-0.1, -0.05) is 19.1 Å². The summed E-state index contributed by atoms with van der Waals surface area (Å²) in [7, 11) is -3.16. The molecule has 0 aliphatic carbocycles. The quantitative estimate of drug-likeness (QED) is 0.912. The fraction of sp³-hybridized carbons (Fsp3) is 0.571. The van der Waals surface area contributed by atoms with E-state index in [1.54, 1.807) is 6.07 Å². The Morgan fingerprint density at radius 2 is 2.00 bits per heavy atom. The predicted molar refractivity (Wildman–Crippen MR) is 78.5 cm³/mol. The van der Waals surface area contributed by atoms with Crippen molar-refractivity contribution in [2.24, 2.45) is 0 Å². The molecule has 1 aliphatic heterocycles. The zero-order valence-corrected chi connectivity index (χ0v) is 12.2. The van der Waals surface area contributed by atoms with Crippen LogP contribution in [0.1, 0.15) is 19.8 Å². The molecule has 1 fully saturated rings. The average molecular weight is 282 g/mol. The van der Waals surface area contributed by atoms with Crippen LogP contribution in [0.4, 0.5) is 5.69 Å². The first-order chi connectivity index (χ1) is 9.15. The molecule has 0 saturated carbocycles. The highest BCUT2D eigenvalue weighted by atomic mass is 32.2. The molecule has 2 rings (SSSR count). The van der Waals surface area contributed by atoms with E-state index in [9.17, 15) is 8.42 Å². The predicted octanol–water partition coefficient (Wildman–Crippen LogP) is 1.67. The summed E-state index contributed by atoms with van der Waals surface area (Å²) >= 11 is 0. The van der Waals surface area contributed by atoms with Crippen LogP contribution in [0.25, 0.3) is 0 Å². The molecule has 0 spiro atoms. The molecule has 0 amide bonds. The molecular weight excluding hydrogens is 260 g/mol. The molecule has 19 heavy (non-hydrogen) atoms. The largest absolute Gasteiger partial charge is 0.369 e. The van der Waals surface area contributed by atoms with Crippen LogP contribution in [-0.4, -0.2) is 40.3 Å². The van der Waals surface area contributed by atoms with Gasteiger partial charge >= 0.3 is 0 Å². The van der Waals surface area contributed by atoms with Gasteiger partial charge in [0.05, 0.1) is 16.3 Å². The van der Waals surface area contributed by atoms with E-state index in [2.05, 4.69) is 10.2 Å². The van der Waals surface area contributed by atoms with Gasteiger partial charge in [0.2, 0.25) is 0 Å². The minimum absolute atomic E-state index is 0.218. The highest BCUT2D eigenvalue weighted by Gasteiger charge is 2.21. The molecule has 4 nitrogen and oxygen atoms in total. The molecule has 0 radical (unpaired) electrons. The normalized spacial score (nSPS) is 17.2. The van der Waals surface area contributed by atoms with E-state index in [1.807, 2.05) is 25.1 Å². The second-order valence-electron chi connectivity index (χ2n) is 4.88. The van der Waals surface area contributed by atoms with E-state index in [1.165, 1.54) is 0 Å². The second kappa shape index (κ2) is 6.39. The maximum atomic E-state index is 12.3. The lowest BCUT2D eigenvalue weighted by Crippen LogP contribution is -2.29. The van der Waals surface area contributed by atoms with E-state index in [0.717, 1.165) is 38.3 Å². The van der Waals surface area contributed by atoms with Crippen molar-refractivity contribution in [3.63, 3.8) is 0 Å². The van der Waals surface area contributed by atoms with Crippen LogP contribution in [0.2, 0.25) is 0 Å². The summed E-state index contributed by atoms with van der Waals surface area (Å²) in [6.45, 7) is 5.57. The molecule has 1 aliphatic rings. The molecule has 1 aromatic carbocycles. The van der Waals surface area contributed by atoms with Crippen molar-refractivity contribution in [1.82, 2.24) is 5.32 Å². The van der Waals surface area contributed by atoms with Crippen molar-refractivity contribution in [2.75, 3.05) is 36.8 Å². The Balaban J connectivity index is 2.35. The molecular formula is C14H22N2O2S. The van der Waals surface area contributed by atoms with Gasteiger partial charge in [0.15, 0.2) is 9.84 Å². The van der Waals surface area contributed by atoms with Crippen molar-refractivity contribution in [2.45, 2.75) is 24.7 Å². The Hall–Kier alpha value is -1.07. The van der Waals surface area contributed by atoms with Gasteiger partial charge in [-0.25, -0.2) is 8.42 Å². The van der Waals surface area contributed by atoms with E-state index in [0.29, 0.717) is 11.3 Å². The van der Waals surface area contributed by atoms with Crippen LogP contribution in [0.3, 0.4) is 0 Å². The van der Waals surface area contributed by atoms with Gasteiger partial charge in [0.25, 0.3) is 0 Å². The third kappa shape index (κ3) is 3.48. The number of nitrogens with one attached hydrogen (secondary N) is 1. The van der Waals surface area contributed by atoms with Crippen molar-refractivity contribution in [3.05, 3.63) is 24.3 Å². The van der Waals surface area contributed by atoms with Crippen molar-refractivity contribution in [1.29, 1.82) is 0 Å². The summed E-state index contributed by atoms with van der Waals surface area (Å²) in [6.07, 6.45) is 1.69. The first kappa shape index (κ1) is 14.3. The topological polar surface area (TPSA) is 49.4 Å². The fourth-order valence-corrected chi connectivity index (χ4v) is 4.01. The minimum Gasteiger partial charge on any atom is -0.369 e. The number of anilines is 1. The first-order valence-corrected chi connectivity index (χ1v) is 8.58. The SMILES string of the molecule is CCCS(=O)(=O)c1ccccc1N1CCCNCC1. The van der Waals surface area contributed by atoms with Crippen molar-refractivity contribution < 1.29 is 8.42 Å². The number of hydrogen-bond acceptors (Lipinski definition) is 4. The molecule has 5 heteroatoms. The van der Waals surface area contributed by atoms with Crippen LogP contribution in [0, 0.1) is 0 Å². The molecule has 1 saturated heterocycles. The minimum atomic E-state index is -3.16. The lowest BCUT2D eigenvalue weighted by atomic mass is 10.2. The molecule has 0 bridgehead atoms. The van der Waals surface area contributed by atoms with Crippen LogP contribution >= 0.6 is 0 Å². The van der Waals surface area contributed by atoms with E-state index >= 15 is 0 Å². The molecule has 0 unspecified atom stereocenters. The number of sulfone groups is 1. The lowest BCUT2D eigenvalue weighted by molar-refractivity contribution is 0.594. The highest BCUT2D eigenvalue weighted by Crippen LogP contribution is 2.26. The zero-order chi connectivity index (χ0) is 13.7. The molecule has 1 heterocycles. The Labute approximate surface area is 115 Å². The first-order valence-electron chi connectivity index (χ1n) is 6.92. The van der Waals surface area contributed by atoms with Gasteiger partial charge in [0.1, 0.15) is 0 Å². The number of para-hydroxylation sites is 1. The van der Waals surface area contributed by atoms with Gasteiger partial charge in [-0.15, -0.1) is 0 Å². The van der Waals surface area contributed by atoms with Crippen LogP contribution in [0.15, 0.2) is 29.2 Å². The van der Waals surface area contributed by atoms with Crippen molar-refractivity contribution in [3.8, 4) is 0 Å². The molecule has 0 atom stereocenters. The van der Waals surface area contributed by atoms with E-state index in [4.69, 9.17) is 0 Å². The summed E-state index contributed by atoms with van der Waals surface area (Å²) in [4.78, 5) is 2.67. The van der Waals surface area contributed by atoms with Crippen molar-refractivity contribution >= 4 is 15.5 Å². The Morgan fingerprint density at radius 3 is 2.79 bits per heavy atom. The van der Waals surface area contributed by atoms with Gasteiger partial charge in [0, 0.05) is 19.6 Å². The Morgan fingerprint density at radius 1 is 1.21 bits per heavy atom. The monoisotopic (exact) mass is 282 g/mol. The van der Waals surface area contributed by atoms with Gasteiger partial charge in [-0.2, -0.15) is 0 Å². The molecule has 0 aromatic heterocycles. The number of benzene rings is 1. The van der Waals surface area contributed by atoms with Crippen LogP contribution in [0.5, 0.6) is 0 Å². The smallest absolute Gasteiger partial charge is 0.180 e. The van der Waals surface area contributed by atoms with Crippen LogP contribution in [-0.2, 0) is 9.84 Å². The maximum Gasteiger partial charge on any atom is 0.180 e. The van der Waals surface area contributed by atoms with Gasteiger partial charge < -0.3 is 10.2 Å². The third-order valence-electron chi connectivity index (χ3n) is 3.35. The van der Waals surface area contributed by atoms with E-state index in [-0.39, 0.29) is 5.75 Å². The summed E-state index contributed by atoms with van der Waals surface area (Å²) < 4.78 is 24.7. The number of hydrogen-bond donors (Lipinski definition) is 1. The third-order valence-corrected chi connectivity index (χ3v) is 5.31. The van der Waals surface area contributed by atoms with Gasteiger partial charge in [-0.05, 0) is 31.5 Å². The average Bonchev–Trinajstić information content (AvgIpc) is 2.67. The summed E-state index contributed by atoms with van der Waals surface area (Å²) in [5.41, 5.74) is 0.861. The highest BCUT2D eigenvalue weighted by molar-refractivity contribution is 7.91. The maximum absolute atomic E-state index is 12.3. The molecule has 106 valence electrons. The Bertz CT molecular complexity index is 506. The van der Waals surface area contributed by atoms with Crippen LogP contribution < -0.4 is 10.2 Å². The second-order valence-corrected chi connectivity index (χ2v) is 6.95. The Kier molecular flexibility index (Phi) is 4.82. The summed E-state index contributed by atoms with van der Waals surface area (Å²) in [5.74, 6) is 0.218. The standard InChI is InChI=1S/C14H22N2O2S/c1-2-12-19(17,18)14-7-4-3-6-13(14)16-10-5-8-15-9-11-16/h3-4,6-7,15H,2,5,8-12H2,1H3. The number of rotatable bonds is 4. The lowest BCUT2D eigenvalue weighted by Gasteiger charge is -2.24. The molecule has 1 aromatic rings. The van der Waals surface area contributed by atoms with Gasteiger partial charge in [-0.3, -0.25) is 0 Å².